The molecule has 2 aliphatic rings. The van der Waals surface area contributed by atoms with Gasteiger partial charge in [0.05, 0.1) is 12.2 Å². The Morgan fingerprint density at radius 1 is 1.39 bits per heavy atom. The van der Waals surface area contributed by atoms with E-state index < -0.39 is 0 Å². The molecule has 18 heavy (non-hydrogen) atoms. The molecular formula is C14H19NO2S. The molecule has 3 rings (SSSR count). The van der Waals surface area contributed by atoms with Gasteiger partial charge < -0.3 is 10.4 Å². The molecule has 98 valence electrons. The summed E-state index contributed by atoms with van der Waals surface area (Å²) in [7, 11) is 0. The highest BCUT2D eigenvalue weighted by molar-refractivity contribution is 7.10. The van der Waals surface area contributed by atoms with Gasteiger partial charge in [0.25, 0.3) is 5.91 Å². The number of rotatable bonds is 4. The third-order valence-corrected chi connectivity index (χ3v) is 5.31. The van der Waals surface area contributed by atoms with Crippen molar-refractivity contribution < 1.29 is 9.90 Å². The van der Waals surface area contributed by atoms with Crippen molar-refractivity contribution in [2.24, 2.45) is 5.41 Å². The fourth-order valence-corrected chi connectivity index (χ4v) is 3.74. The van der Waals surface area contributed by atoms with Crippen LogP contribution in [0.1, 0.15) is 46.5 Å². The van der Waals surface area contributed by atoms with Crippen LogP contribution in [0.2, 0.25) is 0 Å². The topological polar surface area (TPSA) is 49.3 Å². The monoisotopic (exact) mass is 265 g/mol. The molecule has 3 nitrogen and oxygen atoms in total. The van der Waals surface area contributed by atoms with Crippen molar-refractivity contribution in [2.45, 2.75) is 38.5 Å². The summed E-state index contributed by atoms with van der Waals surface area (Å²) in [6.07, 6.45) is 6.70. The van der Waals surface area contributed by atoms with Crippen molar-refractivity contribution in [3.8, 4) is 0 Å². The summed E-state index contributed by atoms with van der Waals surface area (Å²) < 4.78 is 0. The van der Waals surface area contributed by atoms with Gasteiger partial charge in [-0.25, -0.2) is 0 Å². The van der Waals surface area contributed by atoms with Crippen molar-refractivity contribution in [3.63, 3.8) is 0 Å². The highest BCUT2D eigenvalue weighted by Gasteiger charge is 2.42. The number of aliphatic hydroxyl groups is 1. The Morgan fingerprint density at radius 2 is 2.17 bits per heavy atom. The van der Waals surface area contributed by atoms with Crippen molar-refractivity contribution in [1.29, 1.82) is 0 Å². The number of nitrogens with one attached hydrogen (secondary N) is 1. The molecule has 4 heteroatoms. The molecule has 2 aliphatic carbocycles. The van der Waals surface area contributed by atoms with Gasteiger partial charge in [-0.2, -0.15) is 0 Å². The number of amides is 1. The van der Waals surface area contributed by atoms with E-state index in [4.69, 9.17) is 0 Å². The molecule has 1 heterocycles. The molecule has 0 aromatic carbocycles. The molecule has 0 unspecified atom stereocenters. The zero-order valence-electron chi connectivity index (χ0n) is 10.5. The molecule has 0 radical (unpaired) electrons. The number of aliphatic hydroxyl groups excluding tert-OH is 1. The second-order valence-electron chi connectivity index (χ2n) is 5.60. The highest BCUT2D eigenvalue weighted by atomic mass is 32.1. The van der Waals surface area contributed by atoms with E-state index >= 15 is 0 Å². The van der Waals surface area contributed by atoms with E-state index in [2.05, 4.69) is 5.32 Å². The lowest BCUT2D eigenvalue weighted by molar-refractivity contribution is 0.0934. The number of thiophene rings is 1. The third kappa shape index (κ3) is 2.19. The van der Waals surface area contributed by atoms with Crippen molar-refractivity contribution >= 4 is 17.2 Å². The quantitative estimate of drug-likeness (QED) is 0.876. The molecule has 0 aliphatic heterocycles. The summed E-state index contributed by atoms with van der Waals surface area (Å²) in [5, 5.41) is 14.2. The summed E-state index contributed by atoms with van der Waals surface area (Å²) in [5.74, 6) is 0.0501. The minimum atomic E-state index is -0.00819. The molecule has 1 amide bonds. The SMILES string of the molecule is O=C(NCC1(CO)CC1)c1csc2c1CCCC2. The zero-order valence-corrected chi connectivity index (χ0v) is 11.3. The van der Waals surface area contributed by atoms with E-state index in [1.54, 1.807) is 11.3 Å². The molecule has 0 saturated heterocycles. The molecule has 0 atom stereocenters. The van der Waals surface area contributed by atoms with Crippen LogP contribution in [0.4, 0.5) is 0 Å². The minimum Gasteiger partial charge on any atom is -0.396 e. The summed E-state index contributed by atoms with van der Waals surface area (Å²) >= 11 is 1.72. The van der Waals surface area contributed by atoms with Crippen LogP contribution in [0.25, 0.3) is 0 Å². The van der Waals surface area contributed by atoms with Crippen molar-refractivity contribution in [3.05, 3.63) is 21.4 Å². The van der Waals surface area contributed by atoms with Gasteiger partial charge in [-0.1, -0.05) is 0 Å². The Bertz CT molecular complexity index is 462. The van der Waals surface area contributed by atoms with E-state index in [1.165, 1.54) is 23.3 Å². The Kier molecular flexibility index (Phi) is 3.16. The van der Waals surface area contributed by atoms with Gasteiger partial charge in [-0.3, -0.25) is 4.79 Å². The summed E-state index contributed by atoms with van der Waals surface area (Å²) in [6, 6.07) is 0. The van der Waals surface area contributed by atoms with Crippen LogP contribution in [0.5, 0.6) is 0 Å². The molecule has 0 bridgehead atoms. The number of hydrogen-bond acceptors (Lipinski definition) is 3. The first-order valence-corrected chi connectivity index (χ1v) is 7.60. The number of hydrogen-bond donors (Lipinski definition) is 2. The van der Waals surface area contributed by atoms with Crippen LogP contribution >= 0.6 is 11.3 Å². The van der Waals surface area contributed by atoms with Crippen LogP contribution in [-0.2, 0) is 12.8 Å². The molecule has 1 saturated carbocycles. The molecule has 1 fully saturated rings. The van der Waals surface area contributed by atoms with Crippen LogP contribution < -0.4 is 5.32 Å². The second kappa shape index (κ2) is 4.67. The van der Waals surface area contributed by atoms with Gasteiger partial charge in [-0.05, 0) is 44.1 Å². The van der Waals surface area contributed by atoms with E-state index in [0.717, 1.165) is 31.2 Å². The Morgan fingerprint density at radius 3 is 2.89 bits per heavy atom. The van der Waals surface area contributed by atoms with E-state index in [9.17, 15) is 9.90 Å². The molecule has 2 N–H and O–H groups in total. The first kappa shape index (κ1) is 12.2. The van der Waals surface area contributed by atoms with Crippen LogP contribution in [0.3, 0.4) is 0 Å². The number of fused-ring (bicyclic) bond motifs is 1. The first-order valence-electron chi connectivity index (χ1n) is 6.72. The molecular weight excluding hydrogens is 246 g/mol. The van der Waals surface area contributed by atoms with E-state index in [-0.39, 0.29) is 17.9 Å². The maximum atomic E-state index is 12.2. The number of aryl methyl sites for hydroxylation is 1. The van der Waals surface area contributed by atoms with Crippen molar-refractivity contribution in [1.82, 2.24) is 5.32 Å². The predicted octanol–water partition coefficient (Wildman–Crippen LogP) is 2.13. The van der Waals surface area contributed by atoms with Gasteiger partial charge in [0.15, 0.2) is 0 Å². The fraction of sp³-hybridized carbons (Fsp3) is 0.643. The number of carbonyl (C=O) groups is 1. The summed E-state index contributed by atoms with van der Waals surface area (Å²) in [6.45, 7) is 0.808. The Hall–Kier alpha value is -0.870. The maximum absolute atomic E-state index is 12.2. The normalized spacial score (nSPS) is 20.3. The molecule has 1 aromatic rings. The Balaban J connectivity index is 1.67. The average Bonchev–Trinajstić information content (AvgIpc) is 3.07. The van der Waals surface area contributed by atoms with Gasteiger partial charge in [-0.15, -0.1) is 11.3 Å². The van der Waals surface area contributed by atoms with Gasteiger partial charge in [0, 0.05) is 22.2 Å². The standard InChI is InChI=1S/C14H19NO2S/c16-9-14(5-6-14)8-15-13(17)11-7-18-12-4-2-1-3-10(11)12/h7,16H,1-6,8-9H2,(H,15,17). The largest absolute Gasteiger partial charge is 0.396 e. The van der Waals surface area contributed by atoms with Crippen LogP contribution in [0.15, 0.2) is 5.38 Å². The van der Waals surface area contributed by atoms with Gasteiger partial charge >= 0.3 is 0 Å². The summed E-state index contributed by atoms with van der Waals surface area (Å²) in [4.78, 5) is 13.6. The van der Waals surface area contributed by atoms with Gasteiger partial charge in [0.1, 0.15) is 0 Å². The minimum absolute atomic E-state index is 0.00819. The second-order valence-corrected chi connectivity index (χ2v) is 6.56. The zero-order chi connectivity index (χ0) is 12.6. The van der Waals surface area contributed by atoms with E-state index in [0.29, 0.717) is 6.54 Å². The fourth-order valence-electron chi connectivity index (χ4n) is 2.61. The van der Waals surface area contributed by atoms with Crippen molar-refractivity contribution in [2.75, 3.05) is 13.2 Å². The highest BCUT2D eigenvalue weighted by Crippen LogP contribution is 2.44. The summed E-state index contributed by atoms with van der Waals surface area (Å²) in [5.41, 5.74) is 2.15. The lowest BCUT2D eigenvalue weighted by atomic mass is 9.95. The lowest BCUT2D eigenvalue weighted by Crippen LogP contribution is -2.32. The first-order chi connectivity index (χ1) is 8.74. The maximum Gasteiger partial charge on any atom is 0.252 e. The average molecular weight is 265 g/mol. The number of carbonyl (C=O) groups excluding carboxylic acids is 1. The van der Waals surface area contributed by atoms with E-state index in [1.807, 2.05) is 5.38 Å². The predicted molar refractivity (Wildman–Crippen MR) is 72.0 cm³/mol. The van der Waals surface area contributed by atoms with Crippen LogP contribution in [-0.4, -0.2) is 24.2 Å². The Labute approximate surface area is 111 Å². The smallest absolute Gasteiger partial charge is 0.252 e. The van der Waals surface area contributed by atoms with Crippen LogP contribution in [0, 0.1) is 5.41 Å². The third-order valence-electron chi connectivity index (χ3n) is 4.22. The molecule has 0 spiro atoms. The molecule has 1 aromatic heterocycles. The lowest BCUT2D eigenvalue weighted by Gasteiger charge is -2.15. The van der Waals surface area contributed by atoms with Gasteiger partial charge in [0.2, 0.25) is 0 Å².